The second kappa shape index (κ2) is 3.70. The maximum absolute atomic E-state index is 5.81. The van der Waals surface area contributed by atoms with E-state index in [1.807, 2.05) is 25.6 Å². The van der Waals surface area contributed by atoms with Gasteiger partial charge in [-0.25, -0.2) is 0 Å². The standard InChI is InChI=1S/C10H12ClN3O/c1-6-9(7(2)14(3)13-6)10-8(4-11)5-12-15-10/h5H,4H2,1-3H3. The van der Waals surface area contributed by atoms with Gasteiger partial charge in [-0.3, -0.25) is 4.68 Å². The molecule has 2 heterocycles. The Bertz CT molecular complexity index is 487. The van der Waals surface area contributed by atoms with Crippen LogP contribution in [0.3, 0.4) is 0 Å². The van der Waals surface area contributed by atoms with Crippen LogP contribution in [0, 0.1) is 13.8 Å². The molecule has 15 heavy (non-hydrogen) atoms. The molecule has 0 aromatic carbocycles. The molecule has 4 nitrogen and oxygen atoms in total. The van der Waals surface area contributed by atoms with Crippen molar-refractivity contribution in [3.05, 3.63) is 23.1 Å². The van der Waals surface area contributed by atoms with Gasteiger partial charge in [-0.05, 0) is 13.8 Å². The lowest BCUT2D eigenvalue weighted by Gasteiger charge is -1.98. The maximum atomic E-state index is 5.81. The van der Waals surface area contributed by atoms with E-state index < -0.39 is 0 Å². The maximum Gasteiger partial charge on any atom is 0.174 e. The Labute approximate surface area is 92.8 Å². The molecule has 0 fully saturated rings. The second-order valence-corrected chi connectivity index (χ2v) is 3.75. The molecule has 0 saturated heterocycles. The van der Waals surface area contributed by atoms with Crippen molar-refractivity contribution in [3.8, 4) is 11.3 Å². The van der Waals surface area contributed by atoms with Gasteiger partial charge in [0.1, 0.15) is 0 Å². The molecule has 2 rings (SSSR count). The molecule has 0 bridgehead atoms. The van der Waals surface area contributed by atoms with Gasteiger partial charge < -0.3 is 4.52 Å². The molecule has 80 valence electrons. The van der Waals surface area contributed by atoms with Gasteiger partial charge in [0.15, 0.2) is 5.76 Å². The third-order valence-corrected chi connectivity index (χ3v) is 2.81. The zero-order chi connectivity index (χ0) is 11.0. The number of aromatic nitrogens is 3. The van der Waals surface area contributed by atoms with Gasteiger partial charge in [0.25, 0.3) is 0 Å². The lowest BCUT2D eigenvalue weighted by atomic mass is 10.1. The van der Waals surface area contributed by atoms with Crippen molar-refractivity contribution in [3.63, 3.8) is 0 Å². The third-order valence-electron chi connectivity index (χ3n) is 2.52. The monoisotopic (exact) mass is 225 g/mol. The number of alkyl halides is 1. The average Bonchev–Trinajstić information content (AvgIpc) is 2.73. The molecule has 0 spiro atoms. The first-order valence-electron chi connectivity index (χ1n) is 4.65. The Balaban J connectivity index is 2.63. The van der Waals surface area contributed by atoms with Crippen LogP contribution in [0.1, 0.15) is 17.0 Å². The van der Waals surface area contributed by atoms with Crippen LogP contribution < -0.4 is 0 Å². The third kappa shape index (κ3) is 1.55. The number of nitrogens with zero attached hydrogens (tertiary/aromatic N) is 3. The van der Waals surface area contributed by atoms with Crippen LogP contribution >= 0.6 is 11.6 Å². The van der Waals surface area contributed by atoms with Gasteiger partial charge in [0, 0.05) is 18.3 Å². The van der Waals surface area contributed by atoms with E-state index in [4.69, 9.17) is 16.1 Å². The summed E-state index contributed by atoms with van der Waals surface area (Å²) in [6.45, 7) is 3.94. The Morgan fingerprint density at radius 1 is 1.47 bits per heavy atom. The normalized spacial score (nSPS) is 10.9. The van der Waals surface area contributed by atoms with Crippen LogP contribution in [0.2, 0.25) is 0 Å². The first-order chi connectivity index (χ1) is 7.15. The summed E-state index contributed by atoms with van der Waals surface area (Å²) < 4.78 is 7.05. The lowest BCUT2D eigenvalue weighted by molar-refractivity contribution is 0.431. The zero-order valence-electron chi connectivity index (χ0n) is 8.91. The fourth-order valence-electron chi connectivity index (χ4n) is 1.66. The molecule has 0 aliphatic rings. The zero-order valence-corrected chi connectivity index (χ0v) is 9.67. The molecular weight excluding hydrogens is 214 g/mol. The largest absolute Gasteiger partial charge is 0.356 e. The van der Waals surface area contributed by atoms with E-state index in [9.17, 15) is 0 Å². The van der Waals surface area contributed by atoms with Crippen LogP contribution in [-0.2, 0) is 12.9 Å². The predicted octanol–water partition coefficient (Wildman–Crippen LogP) is 2.43. The van der Waals surface area contributed by atoms with Crippen molar-refractivity contribution in [2.75, 3.05) is 0 Å². The highest BCUT2D eigenvalue weighted by atomic mass is 35.5. The quantitative estimate of drug-likeness (QED) is 0.738. The number of hydrogen-bond donors (Lipinski definition) is 0. The summed E-state index contributed by atoms with van der Waals surface area (Å²) in [6.07, 6.45) is 1.65. The first-order valence-corrected chi connectivity index (χ1v) is 5.18. The van der Waals surface area contributed by atoms with E-state index in [1.165, 1.54) is 0 Å². The minimum Gasteiger partial charge on any atom is -0.356 e. The van der Waals surface area contributed by atoms with Crippen molar-refractivity contribution >= 4 is 11.6 Å². The molecule has 0 aliphatic heterocycles. The highest BCUT2D eigenvalue weighted by Crippen LogP contribution is 2.30. The molecular formula is C10H12ClN3O. The first kappa shape index (κ1) is 10.2. The fourth-order valence-corrected chi connectivity index (χ4v) is 1.85. The van der Waals surface area contributed by atoms with Crippen LogP contribution in [0.15, 0.2) is 10.7 Å². The predicted molar refractivity (Wildman–Crippen MR) is 57.7 cm³/mol. The Kier molecular flexibility index (Phi) is 2.52. The molecule has 5 heteroatoms. The van der Waals surface area contributed by atoms with Gasteiger partial charge in [-0.15, -0.1) is 11.6 Å². The van der Waals surface area contributed by atoms with Gasteiger partial charge in [-0.2, -0.15) is 5.10 Å². The van der Waals surface area contributed by atoms with Crippen LogP contribution in [0.4, 0.5) is 0 Å². The Morgan fingerprint density at radius 2 is 2.20 bits per heavy atom. The van der Waals surface area contributed by atoms with Gasteiger partial charge in [0.2, 0.25) is 0 Å². The lowest BCUT2D eigenvalue weighted by Crippen LogP contribution is -1.92. The molecule has 0 radical (unpaired) electrons. The summed E-state index contributed by atoms with van der Waals surface area (Å²) in [4.78, 5) is 0. The minimum absolute atomic E-state index is 0.395. The summed E-state index contributed by atoms with van der Waals surface area (Å²) in [5.74, 6) is 1.13. The molecule has 0 N–H and O–H groups in total. The average molecular weight is 226 g/mol. The molecule has 0 atom stereocenters. The summed E-state index contributed by atoms with van der Waals surface area (Å²) in [5, 5.41) is 8.09. The van der Waals surface area contributed by atoms with Gasteiger partial charge in [0.05, 0.1) is 23.3 Å². The molecule has 0 saturated carbocycles. The van der Waals surface area contributed by atoms with E-state index in [0.29, 0.717) is 5.88 Å². The summed E-state index contributed by atoms with van der Waals surface area (Å²) in [7, 11) is 1.91. The topological polar surface area (TPSA) is 43.9 Å². The molecule has 0 unspecified atom stereocenters. The van der Waals surface area contributed by atoms with Gasteiger partial charge >= 0.3 is 0 Å². The van der Waals surface area contributed by atoms with Crippen LogP contribution in [-0.4, -0.2) is 14.9 Å². The Morgan fingerprint density at radius 3 is 2.73 bits per heavy atom. The summed E-state index contributed by atoms with van der Waals surface area (Å²) >= 11 is 5.81. The summed E-state index contributed by atoms with van der Waals surface area (Å²) in [6, 6.07) is 0. The minimum atomic E-state index is 0.395. The van der Waals surface area contributed by atoms with E-state index in [1.54, 1.807) is 6.20 Å². The highest BCUT2D eigenvalue weighted by Gasteiger charge is 2.18. The smallest absolute Gasteiger partial charge is 0.174 e. The molecule has 0 aliphatic carbocycles. The van der Waals surface area contributed by atoms with E-state index in [2.05, 4.69) is 10.3 Å². The highest BCUT2D eigenvalue weighted by molar-refractivity contribution is 6.17. The summed E-state index contributed by atoms with van der Waals surface area (Å²) in [5.41, 5.74) is 3.87. The van der Waals surface area contributed by atoms with E-state index in [0.717, 1.165) is 28.3 Å². The Hall–Kier alpha value is -1.29. The van der Waals surface area contributed by atoms with Crippen LogP contribution in [0.5, 0.6) is 0 Å². The van der Waals surface area contributed by atoms with Gasteiger partial charge in [-0.1, -0.05) is 5.16 Å². The van der Waals surface area contributed by atoms with E-state index in [-0.39, 0.29) is 0 Å². The SMILES string of the molecule is Cc1nn(C)c(C)c1-c1oncc1CCl. The van der Waals surface area contributed by atoms with Crippen LogP contribution in [0.25, 0.3) is 11.3 Å². The van der Waals surface area contributed by atoms with Crippen molar-refractivity contribution in [1.29, 1.82) is 0 Å². The number of rotatable bonds is 2. The number of aryl methyl sites for hydroxylation is 2. The van der Waals surface area contributed by atoms with Crippen molar-refractivity contribution in [1.82, 2.24) is 14.9 Å². The fraction of sp³-hybridized carbons (Fsp3) is 0.400. The van der Waals surface area contributed by atoms with E-state index >= 15 is 0 Å². The second-order valence-electron chi connectivity index (χ2n) is 3.48. The molecule has 0 amide bonds. The number of hydrogen-bond acceptors (Lipinski definition) is 3. The number of halogens is 1. The molecule has 2 aromatic heterocycles. The van der Waals surface area contributed by atoms with Crippen molar-refractivity contribution in [2.24, 2.45) is 7.05 Å². The van der Waals surface area contributed by atoms with Crippen molar-refractivity contribution < 1.29 is 4.52 Å². The molecule has 2 aromatic rings. The van der Waals surface area contributed by atoms with Crippen molar-refractivity contribution in [2.45, 2.75) is 19.7 Å².